The van der Waals surface area contributed by atoms with Gasteiger partial charge in [-0.2, -0.15) is 15.3 Å². The molecular weight excluding hydrogens is 1490 g/mol. The number of ether oxygens (including phenoxy) is 6. The number of piperidine rings is 1. The molecule has 0 radical (unpaired) electrons. The van der Waals surface area contributed by atoms with Crippen molar-refractivity contribution in [2.24, 2.45) is 56.7 Å². The van der Waals surface area contributed by atoms with E-state index in [1.165, 1.54) is 116 Å². The second-order valence-electron chi connectivity index (χ2n) is 31.9. The number of carboxylic acid groups (broad SMARTS) is 3. The summed E-state index contributed by atoms with van der Waals surface area (Å²) in [5.41, 5.74) is 4.91. The second-order valence-corrected chi connectivity index (χ2v) is 31.9. The molecular formula is C87H136N8O21. The number of hydrogen-bond donors (Lipinski definition) is 5. The molecule has 3 aromatic heterocycles. The lowest BCUT2D eigenvalue weighted by Gasteiger charge is -2.33. The summed E-state index contributed by atoms with van der Waals surface area (Å²) in [5, 5.41) is 44.4. The molecule has 0 atom stereocenters. The third kappa shape index (κ3) is 32.7. The van der Waals surface area contributed by atoms with Gasteiger partial charge in [-0.15, -0.1) is 0 Å². The molecule has 7 saturated carbocycles. The number of hydrogen-bond acceptors (Lipinski definition) is 22. The molecule has 5 N–H and O–H groups in total. The topological polar surface area (TPSA) is 398 Å². The molecule has 29 nitrogen and oxygen atoms in total. The van der Waals surface area contributed by atoms with Crippen molar-refractivity contribution in [3.8, 4) is 0 Å². The Morgan fingerprint density at radius 3 is 1.22 bits per heavy atom. The van der Waals surface area contributed by atoms with E-state index in [1.807, 2.05) is 44.4 Å². The number of carbonyl (C=O) groups excluding carboxylic acids is 9. The van der Waals surface area contributed by atoms with E-state index >= 15 is 0 Å². The SMILES string of the molecule is CC1(C)OC(=O)C(C(=O)C2CCCCC2)C(=O)O1.CCO/C=C(/C(=O)OCC)C(=O)C1CCCCC1.CCOC(=O)CC(=O)C1CCCCC1.CCOC(=O)c1cnn(C)c1C1CCCCC1.CNC(=O)c1cnn(C)c1C1CCCCC1.Cn1ncc(C(=O)O)c1C1CCCCC1.O=C(O)C1CCCCC1.O=C(O)C1CCNCC1. The Morgan fingerprint density at radius 1 is 0.474 bits per heavy atom. The minimum atomic E-state index is -1.37. The van der Waals surface area contributed by atoms with Crippen molar-refractivity contribution in [1.82, 2.24) is 40.0 Å². The first-order valence-electron chi connectivity index (χ1n) is 43.2. The third-order valence-electron chi connectivity index (χ3n) is 23.0. The molecule has 2 aliphatic heterocycles. The van der Waals surface area contributed by atoms with Crippen LogP contribution in [0.4, 0.5) is 0 Å². The largest absolute Gasteiger partial charge is 0.500 e. The monoisotopic (exact) mass is 1630 g/mol. The van der Waals surface area contributed by atoms with Crippen molar-refractivity contribution in [3.05, 3.63) is 64.2 Å². The van der Waals surface area contributed by atoms with Crippen LogP contribution in [0.25, 0.3) is 0 Å². The van der Waals surface area contributed by atoms with Gasteiger partial charge in [0.25, 0.3) is 11.7 Å². The van der Waals surface area contributed by atoms with Gasteiger partial charge in [-0.25, -0.2) is 14.4 Å². The lowest BCUT2D eigenvalue weighted by Crippen LogP contribution is -2.50. The summed E-state index contributed by atoms with van der Waals surface area (Å²) >= 11 is 0. The van der Waals surface area contributed by atoms with Crippen LogP contribution in [0.3, 0.4) is 0 Å². The van der Waals surface area contributed by atoms with Gasteiger partial charge in [0.05, 0.1) is 79.5 Å². The summed E-state index contributed by atoms with van der Waals surface area (Å²) in [6, 6.07) is 0. The number of amides is 1. The van der Waals surface area contributed by atoms with E-state index in [0.717, 1.165) is 183 Å². The van der Waals surface area contributed by atoms with Gasteiger partial charge in [0.2, 0.25) is 5.92 Å². The number of Topliss-reactive ketones (excluding diaryl/α,β-unsaturated/α-hetero) is 3. The predicted molar refractivity (Wildman–Crippen MR) is 433 cm³/mol. The van der Waals surface area contributed by atoms with Gasteiger partial charge in [-0.05, 0) is 144 Å². The van der Waals surface area contributed by atoms with Gasteiger partial charge in [-0.1, -0.05) is 135 Å². The Balaban J connectivity index is 0.000000239. The lowest BCUT2D eigenvalue weighted by atomic mass is 9.81. The normalized spacial score (nSPS) is 19.4. The molecule has 2 saturated heterocycles. The first kappa shape index (κ1) is 97.9. The van der Waals surface area contributed by atoms with E-state index in [2.05, 4.69) is 25.9 Å². The molecule has 9 aliphatic rings. The lowest BCUT2D eigenvalue weighted by molar-refractivity contribution is -0.238. The molecule has 0 aromatic carbocycles. The summed E-state index contributed by atoms with van der Waals surface area (Å²) in [6.45, 7) is 13.3. The van der Waals surface area contributed by atoms with Gasteiger partial charge < -0.3 is 54.4 Å². The fraction of sp³-hybridized carbons (Fsp3) is 0.736. The molecule has 0 unspecified atom stereocenters. The van der Waals surface area contributed by atoms with Crippen molar-refractivity contribution < 1.29 is 101 Å². The molecule has 0 spiro atoms. The van der Waals surface area contributed by atoms with Crippen LogP contribution in [-0.2, 0) is 92.7 Å². The molecule has 9 fully saturated rings. The van der Waals surface area contributed by atoms with Crippen LogP contribution >= 0.6 is 0 Å². The van der Waals surface area contributed by atoms with Crippen LogP contribution in [0.15, 0.2) is 30.4 Å². The number of rotatable bonds is 21. The Morgan fingerprint density at radius 2 is 0.836 bits per heavy atom. The molecule has 3 aromatic rings. The number of aromatic nitrogens is 6. The zero-order chi connectivity index (χ0) is 85.1. The van der Waals surface area contributed by atoms with Crippen molar-refractivity contribution in [1.29, 1.82) is 0 Å². The van der Waals surface area contributed by atoms with Crippen molar-refractivity contribution >= 4 is 71.0 Å². The van der Waals surface area contributed by atoms with Crippen molar-refractivity contribution in [2.45, 2.75) is 309 Å². The summed E-state index contributed by atoms with van der Waals surface area (Å²) < 4.78 is 35.2. The number of aryl methyl sites for hydroxylation is 3. The maximum atomic E-state index is 12.3. The molecule has 7 aliphatic carbocycles. The zero-order valence-corrected chi connectivity index (χ0v) is 71.0. The molecule has 650 valence electrons. The highest BCUT2D eigenvalue weighted by Gasteiger charge is 2.49. The van der Waals surface area contributed by atoms with Crippen molar-refractivity contribution in [2.75, 3.05) is 46.6 Å². The summed E-state index contributed by atoms with van der Waals surface area (Å²) in [5.74, 6) is -6.75. The van der Waals surface area contributed by atoms with Crippen LogP contribution in [0.1, 0.15) is 351 Å². The third-order valence-corrected chi connectivity index (χ3v) is 23.0. The summed E-state index contributed by atoms with van der Waals surface area (Å²) in [4.78, 5) is 138. The number of aliphatic carboxylic acids is 2. The van der Waals surface area contributed by atoms with E-state index in [9.17, 15) is 57.5 Å². The van der Waals surface area contributed by atoms with Crippen LogP contribution in [-0.4, -0.2) is 168 Å². The minimum absolute atomic E-state index is 0.0197. The van der Waals surface area contributed by atoms with Gasteiger partial charge in [0, 0.05) is 77.5 Å². The van der Waals surface area contributed by atoms with Crippen LogP contribution in [0, 0.1) is 35.5 Å². The van der Waals surface area contributed by atoms with E-state index in [4.69, 9.17) is 43.7 Å². The number of aromatic carboxylic acids is 1. The number of nitrogens with one attached hydrogen (secondary N) is 2. The summed E-state index contributed by atoms with van der Waals surface area (Å²) in [6.07, 6.45) is 46.0. The van der Waals surface area contributed by atoms with Crippen molar-refractivity contribution in [3.63, 3.8) is 0 Å². The summed E-state index contributed by atoms with van der Waals surface area (Å²) in [7, 11) is 7.33. The first-order chi connectivity index (χ1) is 55.6. The fourth-order valence-corrected chi connectivity index (χ4v) is 16.8. The van der Waals surface area contributed by atoms with E-state index in [1.54, 1.807) is 38.0 Å². The Kier molecular flexibility index (Phi) is 44.7. The highest BCUT2D eigenvalue weighted by molar-refractivity contribution is 6.18. The minimum Gasteiger partial charge on any atom is -0.500 e. The van der Waals surface area contributed by atoms with Gasteiger partial charge in [0.15, 0.2) is 11.6 Å². The molecule has 29 heteroatoms. The molecule has 5 heterocycles. The second kappa shape index (κ2) is 52.9. The predicted octanol–water partition coefficient (Wildman–Crippen LogP) is 14.7. The van der Waals surface area contributed by atoms with E-state index in [0.29, 0.717) is 48.7 Å². The number of carbonyl (C=O) groups is 12. The maximum absolute atomic E-state index is 12.3. The van der Waals surface area contributed by atoms with Gasteiger partial charge in [0.1, 0.15) is 35.2 Å². The Labute approximate surface area is 685 Å². The molecule has 0 bridgehead atoms. The Bertz CT molecular complexity index is 3550. The number of esters is 5. The molecule has 116 heavy (non-hydrogen) atoms. The quantitative estimate of drug-likeness (QED) is 0.0165. The standard InChI is InChI=1S/C14H22O4.C13H20N2O2.C13H18O5.C12H19N3O.C11H16N2O2.C11H18O3.C7H12O2.C6H11NO2/c1-3-17-10-12(14(16)18-4-2)13(15)11-8-6-5-7-9-11;1-3-17-13(16)11-9-14-15(2)12(11)10-7-5-4-6-8-10;1-13(2)17-11(15)9(12(16)18-13)10(14)8-6-4-3-5-7-8;1-13-12(16)10-8-14-15(2)11(10)9-6-4-3-5-7-9;1-13-10(8-5-3-2-4-6-8)9(7-12-13)11(14)15;1-2-14-11(13)8-10(12)9-6-4-3-5-7-9;8-7(9)6-4-2-1-3-5-6;8-6(9)5-1-3-7-4-2-5/h10-11H,3-9H2,1-2H3;9-10H,3-8H2,1-2H3;8-9H,3-7H2,1-2H3;8-9H,3-7H2,1-2H3,(H,13,16);7-8H,2-6H2,1H3,(H,14,15);9H,2-8H2,1H3;6H,1-5H2,(H,8,9);5,7H,1-4H2,(H,8,9)/b12-10+;;;;;;;. The number of cyclic esters (lactones) is 2. The highest BCUT2D eigenvalue weighted by Crippen LogP contribution is 2.38. The average Bonchev–Trinajstić information content (AvgIpc) is 0.965. The van der Waals surface area contributed by atoms with E-state index in [-0.39, 0.29) is 83.4 Å². The van der Waals surface area contributed by atoms with E-state index < -0.39 is 47.5 Å². The number of carboxylic acids is 3. The van der Waals surface area contributed by atoms with Gasteiger partial charge in [-0.3, -0.25) is 57.2 Å². The zero-order valence-electron chi connectivity index (χ0n) is 71.0. The fourth-order valence-electron chi connectivity index (χ4n) is 16.8. The smallest absolute Gasteiger partial charge is 0.344 e. The highest BCUT2D eigenvalue weighted by atomic mass is 16.7. The Hall–Kier alpha value is -8.63. The van der Waals surface area contributed by atoms with Crippen LogP contribution < -0.4 is 10.6 Å². The van der Waals surface area contributed by atoms with Gasteiger partial charge >= 0.3 is 47.8 Å². The number of nitrogens with zero attached hydrogens (tertiary/aromatic N) is 6. The average molecular weight is 1630 g/mol. The molecule has 12 rings (SSSR count). The first-order valence-corrected chi connectivity index (χ1v) is 43.2. The number of ketones is 3. The van der Waals surface area contributed by atoms with Crippen LogP contribution in [0.5, 0.6) is 0 Å². The maximum Gasteiger partial charge on any atom is 0.344 e. The van der Waals surface area contributed by atoms with Crippen LogP contribution in [0.2, 0.25) is 0 Å². The molecule has 1 amide bonds.